The Bertz CT molecular complexity index is 972. The van der Waals surface area contributed by atoms with Crippen molar-refractivity contribution < 1.29 is 4.79 Å². The van der Waals surface area contributed by atoms with E-state index in [0.717, 1.165) is 22.4 Å². The van der Waals surface area contributed by atoms with Gasteiger partial charge < -0.3 is 0 Å². The first-order valence-corrected chi connectivity index (χ1v) is 9.06. The summed E-state index contributed by atoms with van der Waals surface area (Å²) in [6.07, 6.45) is 0.601. The normalized spacial score (nSPS) is 10.0. The van der Waals surface area contributed by atoms with Crippen molar-refractivity contribution in [1.82, 2.24) is 0 Å². The van der Waals surface area contributed by atoms with Crippen molar-refractivity contribution in [2.75, 3.05) is 4.90 Å². The summed E-state index contributed by atoms with van der Waals surface area (Å²) in [7, 11) is 0. The van der Waals surface area contributed by atoms with Crippen LogP contribution in [0.2, 0.25) is 0 Å². The van der Waals surface area contributed by atoms with Crippen molar-refractivity contribution in [3.63, 3.8) is 0 Å². The summed E-state index contributed by atoms with van der Waals surface area (Å²) in [6.45, 7) is 6.12. The molecule has 0 unspecified atom stereocenters. The minimum absolute atomic E-state index is 0.105. The lowest BCUT2D eigenvalue weighted by Gasteiger charge is -2.21. The molecule has 27 heavy (non-hydrogen) atoms. The van der Waals surface area contributed by atoms with E-state index in [1.807, 2.05) is 74.5 Å². The molecule has 0 aliphatic heterocycles. The molecule has 0 saturated carbocycles. The number of carbonyl (C=O) groups is 1. The Morgan fingerprint density at radius 1 is 0.852 bits per heavy atom. The van der Waals surface area contributed by atoms with Crippen LogP contribution in [0.15, 0.2) is 72.8 Å². The molecule has 0 bridgehead atoms. The second-order valence-corrected chi connectivity index (χ2v) is 6.70. The van der Waals surface area contributed by atoms with Crippen molar-refractivity contribution in [3.8, 4) is 12.0 Å². The number of carbonyl (C=O) groups excluding carboxylic acids is 1. The molecular weight excluding hydrogens is 330 g/mol. The first-order chi connectivity index (χ1) is 13.1. The summed E-state index contributed by atoms with van der Waals surface area (Å²) in [5.41, 5.74) is 5.91. The number of hydrogen-bond acceptors (Lipinski definition) is 1. The van der Waals surface area contributed by atoms with Gasteiger partial charge in [0.05, 0.1) is 5.69 Å². The van der Waals surface area contributed by atoms with Gasteiger partial charge in [-0.3, -0.25) is 4.79 Å². The van der Waals surface area contributed by atoms with Gasteiger partial charge in [-0.05, 0) is 49.6 Å². The van der Waals surface area contributed by atoms with Gasteiger partial charge in [0, 0.05) is 18.0 Å². The lowest BCUT2D eigenvalue weighted by Crippen LogP contribution is -2.27. The number of amides is 1. The smallest absolute Gasteiger partial charge is 0.268 e. The van der Waals surface area contributed by atoms with Crippen LogP contribution in [-0.4, -0.2) is 5.91 Å². The standard InChI is InChI=1S/C25H23NO/c1-19-17-20(2)24(21(3)18-19)26(25(27)23-14-8-5-9-15-23)16-10-13-22-11-6-4-7-12-22/h4-9,11-12,14-15,17-18H,13H2,1-3H3. The Kier molecular flexibility index (Phi) is 5.74. The third kappa shape index (κ3) is 4.46. The summed E-state index contributed by atoms with van der Waals surface area (Å²) >= 11 is 0. The number of hydrogen-bond donors (Lipinski definition) is 0. The van der Waals surface area contributed by atoms with Crippen LogP contribution in [0.25, 0.3) is 0 Å². The summed E-state index contributed by atoms with van der Waals surface area (Å²) in [4.78, 5) is 14.8. The molecule has 3 rings (SSSR count). The monoisotopic (exact) mass is 353 g/mol. The van der Waals surface area contributed by atoms with E-state index in [2.05, 4.69) is 31.0 Å². The van der Waals surface area contributed by atoms with E-state index in [0.29, 0.717) is 12.0 Å². The maximum atomic E-state index is 13.2. The molecule has 3 aromatic carbocycles. The van der Waals surface area contributed by atoms with Crippen LogP contribution >= 0.6 is 0 Å². The fourth-order valence-electron chi connectivity index (χ4n) is 3.26. The van der Waals surface area contributed by atoms with Crippen molar-refractivity contribution in [3.05, 3.63) is 101 Å². The van der Waals surface area contributed by atoms with Gasteiger partial charge in [-0.1, -0.05) is 72.1 Å². The van der Waals surface area contributed by atoms with Gasteiger partial charge in [0.25, 0.3) is 5.91 Å². The largest absolute Gasteiger partial charge is 0.270 e. The minimum Gasteiger partial charge on any atom is -0.268 e. The van der Waals surface area contributed by atoms with Crippen molar-refractivity contribution in [2.24, 2.45) is 0 Å². The van der Waals surface area contributed by atoms with Gasteiger partial charge in [0.1, 0.15) is 0 Å². The van der Waals surface area contributed by atoms with Crippen molar-refractivity contribution in [2.45, 2.75) is 27.2 Å². The molecule has 0 saturated heterocycles. The van der Waals surface area contributed by atoms with Gasteiger partial charge in [0.15, 0.2) is 0 Å². The second kappa shape index (κ2) is 8.38. The van der Waals surface area contributed by atoms with Crippen LogP contribution in [0.5, 0.6) is 0 Å². The number of benzene rings is 3. The third-order valence-corrected chi connectivity index (χ3v) is 4.41. The van der Waals surface area contributed by atoms with E-state index in [1.165, 1.54) is 5.56 Å². The zero-order chi connectivity index (χ0) is 19.2. The minimum atomic E-state index is -0.105. The number of aryl methyl sites for hydroxylation is 3. The predicted octanol–water partition coefficient (Wildman–Crippen LogP) is 5.46. The molecule has 0 fully saturated rings. The van der Waals surface area contributed by atoms with Crippen LogP contribution in [0.4, 0.5) is 5.69 Å². The molecule has 0 N–H and O–H groups in total. The molecule has 0 spiro atoms. The SMILES string of the molecule is Cc1cc(C)c(N(C#CCc2ccccc2)C(=O)c2ccccc2)c(C)c1. The number of nitrogens with zero attached hydrogens (tertiary/aromatic N) is 1. The Labute approximate surface area is 161 Å². The van der Waals surface area contributed by atoms with Gasteiger partial charge >= 0.3 is 0 Å². The quantitative estimate of drug-likeness (QED) is 0.452. The summed E-state index contributed by atoms with van der Waals surface area (Å²) in [6, 6.07) is 26.7. The van der Waals surface area contributed by atoms with Crippen LogP contribution in [0.1, 0.15) is 32.6 Å². The molecular formula is C25H23NO. The highest BCUT2D eigenvalue weighted by atomic mass is 16.2. The first kappa shape index (κ1) is 18.5. The zero-order valence-electron chi connectivity index (χ0n) is 16.0. The molecule has 0 aliphatic rings. The van der Waals surface area contributed by atoms with Crippen molar-refractivity contribution in [1.29, 1.82) is 0 Å². The van der Waals surface area contributed by atoms with Gasteiger partial charge in [-0.15, -0.1) is 0 Å². The highest BCUT2D eigenvalue weighted by Gasteiger charge is 2.19. The maximum Gasteiger partial charge on any atom is 0.270 e. The van der Waals surface area contributed by atoms with Crippen LogP contribution in [0.3, 0.4) is 0 Å². The highest BCUT2D eigenvalue weighted by Crippen LogP contribution is 2.27. The average molecular weight is 353 g/mol. The van der Waals surface area contributed by atoms with E-state index in [9.17, 15) is 4.79 Å². The van der Waals surface area contributed by atoms with Crippen LogP contribution in [0, 0.1) is 32.7 Å². The summed E-state index contributed by atoms with van der Waals surface area (Å²) < 4.78 is 0. The van der Waals surface area contributed by atoms with Crippen LogP contribution in [-0.2, 0) is 6.42 Å². The van der Waals surface area contributed by atoms with Gasteiger partial charge in [0.2, 0.25) is 0 Å². The third-order valence-electron chi connectivity index (χ3n) is 4.41. The Morgan fingerprint density at radius 3 is 2.00 bits per heavy atom. The Balaban J connectivity index is 2.01. The lowest BCUT2D eigenvalue weighted by atomic mass is 10.0. The van der Waals surface area contributed by atoms with E-state index in [1.54, 1.807) is 4.90 Å². The number of rotatable bonds is 3. The summed E-state index contributed by atoms with van der Waals surface area (Å²) in [5, 5.41) is 0. The fraction of sp³-hybridized carbons (Fsp3) is 0.160. The molecule has 2 nitrogen and oxygen atoms in total. The number of anilines is 1. The molecule has 0 aliphatic carbocycles. The molecule has 0 aromatic heterocycles. The molecule has 0 radical (unpaired) electrons. The van der Waals surface area contributed by atoms with E-state index in [4.69, 9.17) is 0 Å². The topological polar surface area (TPSA) is 20.3 Å². The zero-order valence-corrected chi connectivity index (χ0v) is 16.0. The van der Waals surface area contributed by atoms with E-state index < -0.39 is 0 Å². The molecule has 2 heteroatoms. The lowest BCUT2D eigenvalue weighted by molar-refractivity contribution is 0.0999. The molecule has 3 aromatic rings. The molecule has 1 amide bonds. The predicted molar refractivity (Wildman–Crippen MR) is 112 cm³/mol. The average Bonchev–Trinajstić information content (AvgIpc) is 2.67. The van der Waals surface area contributed by atoms with Crippen LogP contribution < -0.4 is 4.90 Å². The van der Waals surface area contributed by atoms with Gasteiger partial charge in [-0.2, -0.15) is 0 Å². The van der Waals surface area contributed by atoms with E-state index >= 15 is 0 Å². The maximum absolute atomic E-state index is 13.2. The van der Waals surface area contributed by atoms with Crippen molar-refractivity contribution >= 4 is 11.6 Å². The second-order valence-electron chi connectivity index (χ2n) is 6.70. The molecule has 0 atom stereocenters. The Hall–Kier alpha value is -3.31. The molecule has 134 valence electrons. The van der Waals surface area contributed by atoms with E-state index in [-0.39, 0.29) is 5.91 Å². The fourth-order valence-corrected chi connectivity index (χ4v) is 3.26. The highest BCUT2D eigenvalue weighted by molar-refractivity contribution is 6.09. The summed E-state index contributed by atoms with van der Waals surface area (Å²) in [5.74, 6) is 3.07. The Morgan fingerprint density at radius 2 is 1.41 bits per heavy atom. The molecule has 0 heterocycles. The van der Waals surface area contributed by atoms with Gasteiger partial charge in [-0.25, -0.2) is 4.90 Å². The first-order valence-electron chi connectivity index (χ1n) is 9.06.